The third-order valence-electron chi connectivity index (χ3n) is 5.82. The van der Waals surface area contributed by atoms with Crippen molar-refractivity contribution >= 4 is 23.8 Å². The standard InChI is InChI=1S/C28H36N4O5/c1-18-15-21(24(33)29-18)30-25(34)22(16-19-11-7-5-8-12-19)31-26(35)23(17-20-13-9-6-10-14-20)32-27(36)37-28(2,3)4/h5-14,18,21-23H,15-17H2,1-4H3,(H,29,33)(H,30,34)(H,31,35)(H,32,36)/t18?,21-,22-,23-/m1/s1. The zero-order chi connectivity index (χ0) is 27.0. The van der Waals surface area contributed by atoms with E-state index in [0.29, 0.717) is 6.42 Å². The molecule has 1 fully saturated rings. The van der Waals surface area contributed by atoms with Crippen LogP contribution in [0.4, 0.5) is 4.79 Å². The first-order valence-electron chi connectivity index (χ1n) is 12.5. The first kappa shape index (κ1) is 27.7. The lowest BCUT2D eigenvalue weighted by Crippen LogP contribution is -2.57. The van der Waals surface area contributed by atoms with Gasteiger partial charge in [-0.2, -0.15) is 0 Å². The van der Waals surface area contributed by atoms with Gasteiger partial charge in [0.25, 0.3) is 0 Å². The Kier molecular flexibility index (Phi) is 9.27. The molecule has 0 aliphatic carbocycles. The van der Waals surface area contributed by atoms with E-state index in [-0.39, 0.29) is 24.8 Å². The molecule has 4 amide bonds. The van der Waals surface area contributed by atoms with Gasteiger partial charge in [-0.15, -0.1) is 0 Å². The molecule has 0 radical (unpaired) electrons. The maximum Gasteiger partial charge on any atom is 0.408 e. The molecule has 1 saturated heterocycles. The molecule has 198 valence electrons. The minimum Gasteiger partial charge on any atom is -0.444 e. The van der Waals surface area contributed by atoms with E-state index in [9.17, 15) is 19.2 Å². The minimum atomic E-state index is -0.988. The van der Waals surface area contributed by atoms with Gasteiger partial charge in [-0.3, -0.25) is 14.4 Å². The molecule has 1 heterocycles. The molecule has 1 aliphatic rings. The summed E-state index contributed by atoms with van der Waals surface area (Å²) in [6.45, 7) is 7.07. The quantitative estimate of drug-likeness (QED) is 0.413. The van der Waals surface area contributed by atoms with Gasteiger partial charge < -0.3 is 26.0 Å². The molecule has 4 atom stereocenters. The molecular weight excluding hydrogens is 472 g/mol. The first-order chi connectivity index (χ1) is 17.5. The second-order valence-electron chi connectivity index (χ2n) is 10.3. The SMILES string of the molecule is CC1C[C@@H](NC(=O)[C@@H](Cc2ccccc2)NC(=O)[C@@H](Cc2ccccc2)NC(=O)OC(C)(C)C)C(=O)N1. The Morgan fingerprint density at radius 2 is 1.41 bits per heavy atom. The number of nitrogens with one attached hydrogen (secondary N) is 4. The van der Waals surface area contributed by atoms with Crippen molar-refractivity contribution in [1.29, 1.82) is 0 Å². The smallest absolute Gasteiger partial charge is 0.408 e. The summed E-state index contributed by atoms with van der Waals surface area (Å²) in [6, 6.07) is 15.9. The predicted octanol–water partition coefficient (Wildman–Crippen LogP) is 2.24. The molecule has 0 bridgehead atoms. The zero-order valence-corrected chi connectivity index (χ0v) is 21.7. The molecule has 0 spiro atoms. The number of carbonyl (C=O) groups is 4. The third kappa shape index (κ3) is 8.93. The number of rotatable bonds is 9. The van der Waals surface area contributed by atoms with Crippen LogP contribution in [0, 0.1) is 0 Å². The van der Waals surface area contributed by atoms with Crippen molar-refractivity contribution in [2.24, 2.45) is 0 Å². The summed E-state index contributed by atoms with van der Waals surface area (Å²) in [5.74, 6) is -1.25. The van der Waals surface area contributed by atoms with Gasteiger partial charge in [0, 0.05) is 18.9 Å². The van der Waals surface area contributed by atoms with Crippen molar-refractivity contribution in [1.82, 2.24) is 21.3 Å². The van der Waals surface area contributed by atoms with Crippen LogP contribution in [0.25, 0.3) is 0 Å². The maximum absolute atomic E-state index is 13.5. The van der Waals surface area contributed by atoms with E-state index >= 15 is 0 Å². The highest BCUT2D eigenvalue weighted by Crippen LogP contribution is 2.12. The van der Waals surface area contributed by atoms with Gasteiger partial charge in [0.15, 0.2) is 0 Å². The van der Waals surface area contributed by atoms with Crippen LogP contribution < -0.4 is 21.3 Å². The van der Waals surface area contributed by atoms with Crippen molar-refractivity contribution < 1.29 is 23.9 Å². The molecule has 9 heteroatoms. The molecule has 0 aromatic heterocycles. The molecule has 2 aromatic carbocycles. The molecule has 4 N–H and O–H groups in total. The summed E-state index contributed by atoms with van der Waals surface area (Å²) >= 11 is 0. The zero-order valence-electron chi connectivity index (χ0n) is 21.7. The van der Waals surface area contributed by atoms with Gasteiger partial charge in [0.1, 0.15) is 23.7 Å². The first-order valence-corrected chi connectivity index (χ1v) is 12.5. The summed E-state index contributed by atoms with van der Waals surface area (Å²) in [5.41, 5.74) is 0.929. The fourth-order valence-corrected chi connectivity index (χ4v) is 4.10. The number of alkyl carbamates (subject to hydrolysis) is 1. The van der Waals surface area contributed by atoms with Gasteiger partial charge >= 0.3 is 6.09 Å². The third-order valence-corrected chi connectivity index (χ3v) is 5.82. The topological polar surface area (TPSA) is 126 Å². The van der Waals surface area contributed by atoms with Crippen LogP contribution in [-0.4, -0.2) is 53.6 Å². The fourth-order valence-electron chi connectivity index (χ4n) is 4.10. The number of carbonyl (C=O) groups excluding carboxylic acids is 4. The molecule has 3 rings (SSSR count). The highest BCUT2D eigenvalue weighted by molar-refractivity contribution is 5.94. The van der Waals surface area contributed by atoms with Crippen LogP contribution in [0.5, 0.6) is 0 Å². The second-order valence-corrected chi connectivity index (χ2v) is 10.3. The van der Waals surface area contributed by atoms with Crippen LogP contribution in [0.1, 0.15) is 45.2 Å². The van der Waals surface area contributed by atoms with E-state index in [1.54, 1.807) is 20.8 Å². The Hall–Kier alpha value is -3.88. The van der Waals surface area contributed by atoms with E-state index in [1.807, 2.05) is 67.6 Å². The number of hydrogen-bond donors (Lipinski definition) is 4. The highest BCUT2D eigenvalue weighted by Gasteiger charge is 2.34. The van der Waals surface area contributed by atoms with Gasteiger partial charge in [0.2, 0.25) is 17.7 Å². The lowest BCUT2D eigenvalue weighted by Gasteiger charge is -2.26. The van der Waals surface area contributed by atoms with Crippen molar-refractivity contribution in [3.63, 3.8) is 0 Å². The Bertz CT molecular complexity index is 1080. The Labute approximate surface area is 217 Å². The Morgan fingerprint density at radius 3 is 1.86 bits per heavy atom. The van der Waals surface area contributed by atoms with Gasteiger partial charge in [-0.05, 0) is 45.2 Å². The van der Waals surface area contributed by atoms with Crippen molar-refractivity contribution in [3.8, 4) is 0 Å². The minimum absolute atomic E-state index is 0.0479. The molecule has 1 aliphatic heterocycles. The maximum atomic E-state index is 13.5. The largest absolute Gasteiger partial charge is 0.444 e. The normalized spacial score (nSPS) is 18.8. The molecule has 2 aromatic rings. The van der Waals surface area contributed by atoms with E-state index in [0.717, 1.165) is 11.1 Å². The summed E-state index contributed by atoms with van der Waals surface area (Å²) in [4.78, 5) is 51.5. The molecule has 9 nitrogen and oxygen atoms in total. The summed E-state index contributed by atoms with van der Waals surface area (Å²) in [6.07, 6.45) is 0.151. The molecule has 0 saturated carbocycles. The van der Waals surface area contributed by atoms with E-state index < -0.39 is 41.6 Å². The van der Waals surface area contributed by atoms with Crippen LogP contribution in [0.15, 0.2) is 60.7 Å². The number of benzene rings is 2. The van der Waals surface area contributed by atoms with Crippen LogP contribution in [-0.2, 0) is 32.0 Å². The monoisotopic (exact) mass is 508 g/mol. The van der Waals surface area contributed by atoms with E-state index in [4.69, 9.17) is 4.74 Å². The summed E-state index contributed by atoms with van der Waals surface area (Å²) < 4.78 is 5.36. The Morgan fingerprint density at radius 1 is 0.892 bits per heavy atom. The lowest BCUT2D eigenvalue weighted by atomic mass is 10.0. The van der Waals surface area contributed by atoms with Crippen LogP contribution in [0.2, 0.25) is 0 Å². The molecule has 37 heavy (non-hydrogen) atoms. The van der Waals surface area contributed by atoms with E-state index in [1.165, 1.54) is 0 Å². The second kappa shape index (κ2) is 12.4. The molecule has 1 unspecified atom stereocenters. The van der Waals surface area contributed by atoms with Crippen LogP contribution in [0.3, 0.4) is 0 Å². The Balaban J connectivity index is 1.79. The molecular formula is C28H36N4O5. The number of amides is 4. The average molecular weight is 509 g/mol. The predicted molar refractivity (Wildman–Crippen MR) is 140 cm³/mol. The van der Waals surface area contributed by atoms with Crippen molar-refractivity contribution in [2.75, 3.05) is 0 Å². The number of ether oxygens (including phenoxy) is 1. The van der Waals surface area contributed by atoms with E-state index in [2.05, 4.69) is 21.3 Å². The number of hydrogen-bond acceptors (Lipinski definition) is 5. The van der Waals surface area contributed by atoms with Crippen molar-refractivity contribution in [2.45, 2.75) is 76.7 Å². The van der Waals surface area contributed by atoms with Crippen LogP contribution >= 0.6 is 0 Å². The highest BCUT2D eigenvalue weighted by atomic mass is 16.6. The van der Waals surface area contributed by atoms with Gasteiger partial charge in [-0.25, -0.2) is 4.79 Å². The lowest BCUT2D eigenvalue weighted by molar-refractivity contribution is -0.131. The van der Waals surface area contributed by atoms with Gasteiger partial charge in [-0.1, -0.05) is 60.7 Å². The van der Waals surface area contributed by atoms with Gasteiger partial charge in [0.05, 0.1) is 0 Å². The fraction of sp³-hybridized carbons (Fsp3) is 0.429. The average Bonchev–Trinajstić information content (AvgIpc) is 3.14. The summed E-state index contributed by atoms with van der Waals surface area (Å²) in [5, 5.41) is 11.0. The summed E-state index contributed by atoms with van der Waals surface area (Å²) in [7, 11) is 0. The van der Waals surface area contributed by atoms with Crippen molar-refractivity contribution in [3.05, 3.63) is 71.8 Å².